The van der Waals surface area contributed by atoms with Crippen LogP contribution in [0.1, 0.15) is 23.7 Å². The number of carbonyl (C=O) groups excluding carboxylic acids is 2. The van der Waals surface area contributed by atoms with Crippen LogP contribution in [0.25, 0.3) is 0 Å². The van der Waals surface area contributed by atoms with Crippen LogP contribution in [0.4, 0.5) is 10.1 Å². The first kappa shape index (κ1) is 17.9. The number of benzene rings is 2. The fraction of sp³-hybridized carbons (Fsp3) is 0.118. The lowest BCUT2D eigenvalue weighted by atomic mass is 10.2. The second kappa shape index (κ2) is 7.91. The number of hydrogen-bond donors (Lipinski definition) is 4. The van der Waals surface area contributed by atoms with Gasteiger partial charge in [0.05, 0.1) is 12.0 Å². The van der Waals surface area contributed by atoms with Gasteiger partial charge in [-0.2, -0.15) is 5.10 Å². The topological polar surface area (TPSA) is 111 Å². The summed E-state index contributed by atoms with van der Waals surface area (Å²) < 4.78 is 13.0. The van der Waals surface area contributed by atoms with E-state index in [-0.39, 0.29) is 17.7 Å². The lowest BCUT2D eigenvalue weighted by Gasteiger charge is -2.06. The molecule has 0 fully saturated rings. The fourth-order valence-electron chi connectivity index (χ4n) is 1.96. The summed E-state index contributed by atoms with van der Waals surface area (Å²) >= 11 is 0. The first-order chi connectivity index (χ1) is 11.8. The van der Waals surface area contributed by atoms with E-state index in [0.717, 1.165) is 6.07 Å². The highest BCUT2D eigenvalue weighted by molar-refractivity contribution is 6.06. The van der Waals surface area contributed by atoms with Crippen LogP contribution in [0.2, 0.25) is 0 Å². The molecule has 130 valence electrons. The number of nitrogens with one attached hydrogen (secondary N) is 2. The van der Waals surface area contributed by atoms with Crippen molar-refractivity contribution in [2.75, 3.05) is 5.32 Å². The number of amides is 2. The van der Waals surface area contributed by atoms with E-state index in [1.165, 1.54) is 37.3 Å². The van der Waals surface area contributed by atoms with E-state index < -0.39 is 23.4 Å². The zero-order valence-electron chi connectivity index (χ0n) is 13.3. The number of nitrogens with zero attached hydrogens (tertiary/aromatic N) is 1. The molecule has 0 radical (unpaired) electrons. The standard InChI is InChI=1S/C17H16FN3O4/c1-10(7-16(24)19-12-4-2-3-11(18)8-12)20-21-17(25)14-6-5-13(22)9-15(14)23/h2-6,8-9,22-23H,7H2,1H3,(H,19,24)(H,21,25)/b20-10-. The number of hydrogen-bond acceptors (Lipinski definition) is 5. The largest absolute Gasteiger partial charge is 0.508 e. The van der Waals surface area contributed by atoms with Crippen molar-refractivity contribution in [1.29, 1.82) is 0 Å². The number of carbonyl (C=O) groups is 2. The third-order valence-corrected chi connectivity index (χ3v) is 3.10. The Morgan fingerprint density at radius 2 is 1.92 bits per heavy atom. The van der Waals surface area contributed by atoms with E-state index in [1.807, 2.05) is 0 Å². The summed E-state index contributed by atoms with van der Waals surface area (Å²) in [6, 6.07) is 8.96. The molecule has 0 aliphatic rings. The molecule has 2 amide bonds. The van der Waals surface area contributed by atoms with Crippen LogP contribution < -0.4 is 10.7 Å². The molecule has 0 aliphatic heterocycles. The lowest BCUT2D eigenvalue weighted by molar-refractivity contribution is -0.115. The maximum absolute atomic E-state index is 13.0. The van der Waals surface area contributed by atoms with E-state index in [2.05, 4.69) is 15.8 Å². The zero-order chi connectivity index (χ0) is 18.4. The van der Waals surface area contributed by atoms with E-state index in [9.17, 15) is 24.2 Å². The van der Waals surface area contributed by atoms with E-state index in [4.69, 9.17) is 0 Å². The highest BCUT2D eigenvalue weighted by atomic mass is 19.1. The minimum absolute atomic E-state index is 0.0708. The summed E-state index contributed by atoms with van der Waals surface area (Å²) in [5.74, 6) is -2.16. The summed E-state index contributed by atoms with van der Waals surface area (Å²) in [4.78, 5) is 23.7. The van der Waals surface area contributed by atoms with Gasteiger partial charge in [-0.3, -0.25) is 9.59 Å². The van der Waals surface area contributed by atoms with Crippen molar-refractivity contribution < 1.29 is 24.2 Å². The molecule has 2 aromatic rings. The normalized spacial score (nSPS) is 11.0. The Morgan fingerprint density at radius 1 is 1.16 bits per heavy atom. The third kappa shape index (κ3) is 5.31. The Bertz CT molecular complexity index is 836. The molecule has 0 atom stereocenters. The highest BCUT2D eigenvalue weighted by Gasteiger charge is 2.11. The van der Waals surface area contributed by atoms with Gasteiger partial charge < -0.3 is 15.5 Å². The van der Waals surface area contributed by atoms with Crippen molar-refractivity contribution in [3.05, 3.63) is 53.8 Å². The molecule has 0 aliphatic carbocycles. The molecule has 2 rings (SSSR count). The Labute approximate surface area is 142 Å². The minimum Gasteiger partial charge on any atom is -0.508 e. The molecule has 0 aromatic heterocycles. The van der Waals surface area contributed by atoms with Gasteiger partial charge in [0.15, 0.2) is 0 Å². The molecule has 2 aromatic carbocycles. The van der Waals surface area contributed by atoms with Gasteiger partial charge >= 0.3 is 0 Å². The molecule has 0 saturated carbocycles. The van der Waals surface area contributed by atoms with Crippen LogP contribution in [-0.2, 0) is 4.79 Å². The van der Waals surface area contributed by atoms with Crippen molar-refractivity contribution in [3.63, 3.8) is 0 Å². The lowest BCUT2D eigenvalue weighted by Crippen LogP contribution is -2.21. The number of aromatic hydroxyl groups is 2. The monoisotopic (exact) mass is 345 g/mol. The third-order valence-electron chi connectivity index (χ3n) is 3.10. The van der Waals surface area contributed by atoms with Crippen LogP contribution in [-0.4, -0.2) is 27.7 Å². The number of phenolic OH excluding ortho intramolecular Hbond substituents is 2. The van der Waals surface area contributed by atoms with E-state index in [1.54, 1.807) is 6.07 Å². The predicted molar refractivity (Wildman–Crippen MR) is 90.0 cm³/mol. The average Bonchev–Trinajstić information content (AvgIpc) is 2.52. The van der Waals surface area contributed by atoms with Gasteiger partial charge in [0.2, 0.25) is 5.91 Å². The molecular weight excluding hydrogens is 329 g/mol. The summed E-state index contributed by atoms with van der Waals surface area (Å²) in [6.07, 6.45) is -0.113. The zero-order valence-corrected chi connectivity index (χ0v) is 13.3. The molecule has 0 bridgehead atoms. The molecule has 0 saturated heterocycles. The molecule has 8 heteroatoms. The Balaban J connectivity index is 1.92. The second-order valence-corrected chi connectivity index (χ2v) is 5.22. The predicted octanol–water partition coefficient (Wildman–Crippen LogP) is 2.37. The molecule has 0 spiro atoms. The van der Waals surface area contributed by atoms with E-state index >= 15 is 0 Å². The number of phenols is 2. The molecule has 25 heavy (non-hydrogen) atoms. The van der Waals surface area contributed by atoms with Gasteiger partial charge in [-0.05, 0) is 37.3 Å². The van der Waals surface area contributed by atoms with E-state index in [0.29, 0.717) is 11.4 Å². The fourth-order valence-corrected chi connectivity index (χ4v) is 1.96. The first-order valence-corrected chi connectivity index (χ1v) is 7.26. The van der Waals surface area contributed by atoms with Gasteiger partial charge in [-0.25, -0.2) is 9.82 Å². The summed E-state index contributed by atoms with van der Waals surface area (Å²) in [6.45, 7) is 1.53. The Hall–Kier alpha value is -3.42. The molecule has 4 N–H and O–H groups in total. The SMILES string of the molecule is C/C(CC(=O)Nc1cccc(F)c1)=N/NC(=O)c1ccc(O)cc1O. The van der Waals surface area contributed by atoms with Gasteiger partial charge in [-0.15, -0.1) is 0 Å². The first-order valence-electron chi connectivity index (χ1n) is 7.26. The van der Waals surface area contributed by atoms with Crippen LogP contribution in [0, 0.1) is 5.82 Å². The minimum atomic E-state index is -0.692. The van der Waals surface area contributed by atoms with Crippen molar-refractivity contribution in [2.45, 2.75) is 13.3 Å². The quantitative estimate of drug-likeness (QED) is 0.492. The average molecular weight is 345 g/mol. The maximum atomic E-state index is 13.0. The Morgan fingerprint density at radius 3 is 2.60 bits per heavy atom. The Kier molecular flexibility index (Phi) is 5.67. The van der Waals surface area contributed by atoms with Crippen LogP contribution in [0.15, 0.2) is 47.6 Å². The molecule has 0 heterocycles. The summed E-state index contributed by atoms with van der Waals surface area (Å²) in [7, 11) is 0. The number of rotatable bonds is 5. The second-order valence-electron chi connectivity index (χ2n) is 5.22. The summed E-state index contributed by atoms with van der Waals surface area (Å²) in [5, 5.41) is 25.1. The van der Waals surface area contributed by atoms with Crippen molar-refractivity contribution in [3.8, 4) is 11.5 Å². The summed E-state index contributed by atoms with van der Waals surface area (Å²) in [5.41, 5.74) is 2.76. The number of halogens is 1. The van der Waals surface area contributed by atoms with Gasteiger partial charge in [0.1, 0.15) is 17.3 Å². The van der Waals surface area contributed by atoms with Crippen LogP contribution in [0.5, 0.6) is 11.5 Å². The molecule has 0 unspecified atom stereocenters. The van der Waals surface area contributed by atoms with Crippen molar-refractivity contribution in [1.82, 2.24) is 5.43 Å². The van der Waals surface area contributed by atoms with Gasteiger partial charge in [0.25, 0.3) is 5.91 Å². The van der Waals surface area contributed by atoms with Gasteiger partial charge in [-0.1, -0.05) is 6.07 Å². The maximum Gasteiger partial charge on any atom is 0.275 e. The van der Waals surface area contributed by atoms with Gasteiger partial charge in [0, 0.05) is 17.5 Å². The molecule has 7 nitrogen and oxygen atoms in total. The smallest absolute Gasteiger partial charge is 0.275 e. The van der Waals surface area contributed by atoms with Crippen molar-refractivity contribution in [2.24, 2.45) is 5.10 Å². The number of hydrazone groups is 1. The van der Waals surface area contributed by atoms with Crippen LogP contribution in [0.3, 0.4) is 0 Å². The molecular formula is C17H16FN3O4. The number of anilines is 1. The van der Waals surface area contributed by atoms with Crippen LogP contribution >= 0.6 is 0 Å². The van der Waals surface area contributed by atoms with Crippen molar-refractivity contribution >= 4 is 23.2 Å². The highest BCUT2D eigenvalue weighted by Crippen LogP contribution is 2.22.